The SMILES string of the molecule is CC(O)CCC(=O)NC(C)Cc1ccccc1. The number of rotatable bonds is 6. The topological polar surface area (TPSA) is 49.3 Å². The summed E-state index contributed by atoms with van der Waals surface area (Å²) in [6.45, 7) is 3.69. The summed E-state index contributed by atoms with van der Waals surface area (Å²) < 4.78 is 0. The van der Waals surface area contributed by atoms with Crippen molar-refractivity contribution in [1.82, 2.24) is 5.32 Å². The predicted molar refractivity (Wildman–Crippen MR) is 68.7 cm³/mol. The van der Waals surface area contributed by atoms with Crippen molar-refractivity contribution in [2.45, 2.75) is 45.3 Å². The molecule has 0 saturated heterocycles. The molecule has 94 valence electrons. The molecule has 0 aliphatic carbocycles. The minimum atomic E-state index is -0.412. The van der Waals surface area contributed by atoms with Gasteiger partial charge in [0.2, 0.25) is 5.91 Å². The van der Waals surface area contributed by atoms with Crippen LogP contribution in [0.3, 0.4) is 0 Å². The monoisotopic (exact) mass is 235 g/mol. The van der Waals surface area contributed by atoms with Gasteiger partial charge in [0.05, 0.1) is 6.10 Å². The zero-order chi connectivity index (χ0) is 12.7. The number of hydrogen-bond donors (Lipinski definition) is 2. The Kier molecular flexibility index (Phi) is 5.70. The first-order valence-corrected chi connectivity index (χ1v) is 6.09. The number of hydrogen-bond acceptors (Lipinski definition) is 2. The van der Waals surface area contributed by atoms with Crippen molar-refractivity contribution < 1.29 is 9.90 Å². The first-order chi connectivity index (χ1) is 8.08. The molecular weight excluding hydrogens is 214 g/mol. The highest BCUT2D eigenvalue weighted by atomic mass is 16.3. The van der Waals surface area contributed by atoms with E-state index in [1.807, 2.05) is 25.1 Å². The number of carbonyl (C=O) groups excluding carboxylic acids is 1. The third kappa shape index (κ3) is 6.07. The van der Waals surface area contributed by atoms with E-state index in [0.29, 0.717) is 12.8 Å². The molecule has 1 rings (SSSR count). The normalized spacial score (nSPS) is 14.1. The van der Waals surface area contributed by atoms with Gasteiger partial charge in [-0.3, -0.25) is 4.79 Å². The van der Waals surface area contributed by atoms with E-state index in [2.05, 4.69) is 17.4 Å². The molecule has 0 aliphatic heterocycles. The second kappa shape index (κ2) is 7.07. The van der Waals surface area contributed by atoms with Crippen molar-refractivity contribution in [3.05, 3.63) is 35.9 Å². The molecular formula is C14H21NO2. The van der Waals surface area contributed by atoms with Crippen molar-refractivity contribution >= 4 is 5.91 Å². The molecule has 0 aromatic heterocycles. The van der Waals surface area contributed by atoms with Crippen molar-refractivity contribution in [2.75, 3.05) is 0 Å². The third-order valence-corrected chi connectivity index (χ3v) is 2.58. The van der Waals surface area contributed by atoms with Gasteiger partial charge in [-0.2, -0.15) is 0 Å². The maximum Gasteiger partial charge on any atom is 0.220 e. The molecule has 0 saturated carbocycles. The minimum absolute atomic E-state index is 0.00864. The van der Waals surface area contributed by atoms with Crippen LogP contribution in [-0.2, 0) is 11.2 Å². The van der Waals surface area contributed by atoms with E-state index in [1.165, 1.54) is 5.56 Å². The lowest BCUT2D eigenvalue weighted by Crippen LogP contribution is -2.34. The van der Waals surface area contributed by atoms with Gasteiger partial charge >= 0.3 is 0 Å². The van der Waals surface area contributed by atoms with Crippen molar-refractivity contribution in [3.63, 3.8) is 0 Å². The maximum absolute atomic E-state index is 11.5. The largest absolute Gasteiger partial charge is 0.393 e. The average molecular weight is 235 g/mol. The number of aliphatic hydroxyl groups is 1. The van der Waals surface area contributed by atoms with E-state index < -0.39 is 6.10 Å². The molecule has 0 fully saturated rings. The van der Waals surface area contributed by atoms with E-state index in [0.717, 1.165) is 6.42 Å². The second-order valence-electron chi connectivity index (χ2n) is 4.55. The van der Waals surface area contributed by atoms with E-state index >= 15 is 0 Å². The van der Waals surface area contributed by atoms with Crippen LogP contribution in [0.5, 0.6) is 0 Å². The Hall–Kier alpha value is -1.35. The lowest BCUT2D eigenvalue weighted by Gasteiger charge is -2.14. The molecule has 0 heterocycles. The van der Waals surface area contributed by atoms with Crippen LogP contribution >= 0.6 is 0 Å². The standard InChI is InChI=1S/C14H21NO2/c1-11(10-13-6-4-3-5-7-13)15-14(17)9-8-12(2)16/h3-7,11-12,16H,8-10H2,1-2H3,(H,15,17). The fraction of sp³-hybridized carbons (Fsp3) is 0.500. The fourth-order valence-electron chi connectivity index (χ4n) is 1.71. The summed E-state index contributed by atoms with van der Waals surface area (Å²) in [5.41, 5.74) is 1.22. The third-order valence-electron chi connectivity index (χ3n) is 2.58. The molecule has 0 radical (unpaired) electrons. The zero-order valence-corrected chi connectivity index (χ0v) is 10.5. The fourth-order valence-corrected chi connectivity index (χ4v) is 1.71. The Bertz CT molecular complexity index is 335. The van der Waals surface area contributed by atoms with Crippen molar-refractivity contribution in [1.29, 1.82) is 0 Å². The van der Waals surface area contributed by atoms with Crippen LogP contribution in [0.15, 0.2) is 30.3 Å². The number of carbonyl (C=O) groups is 1. The average Bonchev–Trinajstić information content (AvgIpc) is 2.27. The lowest BCUT2D eigenvalue weighted by atomic mass is 10.1. The summed E-state index contributed by atoms with van der Waals surface area (Å²) in [4.78, 5) is 11.5. The molecule has 3 nitrogen and oxygen atoms in total. The van der Waals surface area contributed by atoms with Gasteiger partial charge in [0, 0.05) is 12.5 Å². The Morgan fingerprint density at radius 3 is 2.53 bits per heavy atom. The Labute approximate surface area is 103 Å². The van der Waals surface area contributed by atoms with Crippen LogP contribution < -0.4 is 5.32 Å². The molecule has 1 amide bonds. The zero-order valence-electron chi connectivity index (χ0n) is 10.5. The highest BCUT2D eigenvalue weighted by Gasteiger charge is 2.08. The van der Waals surface area contributed by atoms with Crippen LogP contribution in [0, 0.1) is 0 Å². The quantitative estimate of drug-likeness (QED) is 0.791. The minimum Gasteiger partial charge on any atom is -0.393 e. The number of benzene rings is 1. The van der Waals surface area contributed by atoms with Gasteiger partial charge in [-0.25, -0.2) is 0 Å². The van der Waals surface area contributed by atoms with Crippen LogP contribution in [0.2, 0.25) is 0 Å². The molecule has 1 aromatic rings. The smallest absolute Gasteiger partial charge is 0.220 e. The Morgan fingerprint density at radius 1 is 1.29 bits per heavy atom. The number of nitrogens with one attached hydrogen (secondary N) is 1. The van der Waals surface area contributed by atoms with Gasteiger partial charge in [0.1, 0.15) is 0 Å². The van der Waals surface area contributed by atoms with Crippen LogP contribution in [0.25, 0.3) is 0 Å². The van der Waals surface area contributed by atoms with Gasteiger partial charge in [0.15, 0.2) is 0 Å². The first kappa shape index (κ1) is 13.7. The second-order valence-corrected chi connectivity index (χ2v) is 4.55. The summed E-state index contributed by atoms with van der Waals surface area (Å²) in [6, 6.07) is 10.2. The van der Waals surface area contributed by atoms with E-state index in [4.69, 9.17) is 5.11 Å². The maximum atomic E-state index is 11.5. The predicted octanol–water partition coefficient (Wildman–Crippen LogP) is 1.89. The molecule has 0 spiro atoms. The summed E-state index contributed by atoms with van der Waals surface area (Å²) in [6.07, 6.45) is 1.33. The molecule has 17 heavy (non-hydrogen) atoms. The van der Waals surface area contributed by atoms with Crippen LogP contribution in [-0.4, -0.2) is 23.2 Å². The Balaban J connectivity index is 2.29. The molecule has 2 unspecified atom stereocenters. The molecule has 1 aromatic carbocycles. The van der Waals surface area contributed by atoms with Gasteiger partial charge < -0.3 is 10.4 Å². The molecule has 0 aliphatic rings. The van der Waals surface area contributed by atoms with E-state index in [1.54, 1.807) is 6.92 Å². The number of aliphatic hydroxyl groups excluding tert-OH is 1. The summed E-state index contributed by atoms with van der Waals surface area (Å²) in [5, 5.41) is 12.0. The molecule has 0 bridgehead atoms. The highest BCUT2D eigenvalue weighted by molar-refractivity contribution is 5.76. The molecule has 3 heteroatoms. The van der Waals surface area contributed by atoms with E-state index in [-0.39, 0.29) is 11.9 Å². The van der Waals surface area contributed by atoms with Crippen LogP contribution in [0.4, 0.5) is 0 Å². The van der Waals surface area contributed by atoms with Gasteiger partial charge in [-0.1, -0.05) is 30.3 Å². The highest BCUT2D eigenvalue weighted by Crippen LogP contribution is 2.03. The molecule has 2 N–H and O–H groups in total. The summed E-state index contributed by atoms with van der Waals surface area (Å²) in [7, 11) is 0. The van der Waals surface area contributed by atoms with Crippen molar-refractivity contribution in [3.8, 4) is 0 Å². The van der Waals surface area contributed by atoms with E-state index in [9.17, 15) is 4.79 Å². The van der Waals surface area contributed by atoms with Gasteiger partial charge in [0.25, 0.3) is 0 Å². The van der Waals surface area contributed by atoms with Gasteiger partial charge in [-0.05, 0) is 32.3 Å². The van der Waals surface area contributed by atoms with Gasteiger partial charge in [-0.15, -0.1) is 0 Å². The number of amides is 1. The Morgan fingerprint density at radius 2 is 1.94 bits per heavy atom. The summed E-state index contributed by atoms with van der Waals surface area (Å²) >= 11 is 0. The first-order valence-electron chi connectivity index (χ1n) is 6.09. The lowest BCUT2D eigenvalue weighted by molar-refractivity contribution is -0.122. The van der Waals surface area contributed by atoms with Crippen molar-refractivity contribution in [2.24, 2.45) is 0 Å². The summed E-state index contributed by atoms with van der Waals surface area (Å²) in [5.74, 6) is 0.00864. The van der Waals surface area contributed by atoms with Crippen LogP contribution in [0.1, 0.15) is 32.3 Å². The molecule has 2 atom stereocenters.